The fourth-order valence-electron chi connectivity index (χ4n) is 4.62. The van der Waals surface area contributed by atoms with Crippen LogP contribution in [0.25, 0.3) is 21.8 Å². The number of anilines is 1. The predicted octanol–water partition coefficient (Wildman–Crippen LogP) is 2.55. The Hall–Kier alpha value is -3.56. The molecule has 0 aliphatic carbocycles. The first-order valence-corrected chi connectivity index (χ1v) is 11.5. The highest BCUT2D eigenvalue weighted by atomic mass is 16.5. The fraction of sp³-hybridized carbons (Fsp3) is 0.360. The van der Waals surface area contributed by atoms with E-state index in [1.54, 1.807) is 13.2 Å². The summed E-state index contributed by atoms with van der Waals surface area (Å²) in [5, 5.41) is 8.57. The number of fused-ring (bicyclic) bond motifs is 4. The molecule has 9 nitrogen and oxygen atoms in total. The number of methoxy groups -OCH3 is 1. The maximum atomic E-state index is 12.8. The van der Waals surface area contributed by atoms with Crippen molar-refractivity contribution < 1.29 is 9.53 Å². The van der Waals surface area contributed by atoms with Gasteiger partial charge in [-0.25, -0.2) is 9.67 Å². The Morgan fingerprint density at radius 2 is 1.97 bits per heavy atom. The number of nitrogens with one attached hydrogen (secondary N) is 1. The van der Waals surface area contributed by atoms with E-state index in [0.717, 1.165) is 61.5 Å². The molecule has 0 radical (unpaired) electrons. The molecule has 1 aliphatic heterocycles. The Labute approximate surface area is 196 Å². The van der Waals surface area contributed by atoms with Gasteiger partial charge in [-0.3, -0.25) is 14.5 Å². The molecular weight excluding hydrogens is 432 g/mol. The summed E-state index contributed by atoms with van der Waals surface area (Å²) in [6.45, 7) is 6.10. The van der Waals surface area contributed by atoms with E-state index < -0.39 is 0 Å². The number of hydrogen-bond acceptors (Lipinski definition) is 6. The number of nitrogens with zero attached hydrogens (tertiary/aromatic N) is 5. The second kappa shape index (κ2) is 9.36. The number of hydrogen-bond donors (Lipinski definition) is 1. The number of rotatable bonds is 7. The van der Waals surface area contributed by atoms with Gasteiger partial charge in [0.15, 0.2) is 0 Å². The van der Waals surface area contributed by atoms with Crippen molar-refractivity contribution in [3.05, 3.63) is 64.3 Å². The smallest absolute Gasteiger partial charge is 0.275 e. The molecule has 5 rings (SSSR count). The third-order valence-corrected chi connectivity index (χ3v) is 6.28. The number of aromatic nitrogens is 4. The van der Waals surface area contributed by atoms with Crippen LogP contribution in [-0.2, 0) is 29.2 Å². The zero-order valence-electron chi connectivity index (χ0n) is 19.5. The van der Waals surface area contributed by atoms with Crippen LogP contribution < -0.4 is 10.9 Å². The van der Waals surface area contributed by atoms with Gasteiger partial charge in [-0.2, -0.15) is 5.10 Å². The molecule has 1 amide bonds. The molecule has 1 aliphatic rings. The lowest BCUT2D eigenvalue weighted by molar-refractivity contribution is -0.117. The van der Waals surface area contributed by atoms with Crippen molar-refractivity contribution in [2.45, 2.75) is 33.0 Å². The molecule has 2 aromatic heterocycles. The topological polar surface area (TPSA) is 94.3 Å². The molecule has 2 aromatic carbocycles. The van der Waals surface area contributed by atoms with Crippen LogP contribution in [0.15, 0.2) is 47.3 Å². The van der Waals surface area contributed by atoms with Gasteiger partial charge in [0.2, 0.25) is 5.91 Å². The molecule has 0 saturated heterocycles. The summed E-state index contributed by atoms with van der Waals surface area (Å²) in [7, 11) is 1.73. The summed E-state index contributed by atoms with van der Waals surface area (Å²) in [5.74, 6) is 0.724. The maximum absolute atomic E-state index is 12.8. The zero-order valence-corrected chi connectivity index (χ0v) is 19.5. The lowest BCUT2D eigenvalue weighted by Gasteiger charge is -2.27. The number of amides is 1. The van der Waals surface area contributed by atoms with E-state index in [2.05, 4.69) is 19.9 Å². The normalized spacial score (nSPS) is 13.9. The number of ether oxygens (including phenoxy) is 1. The fourth-order valence-corrected chi connectivity index (χ4v) is 4.62. The lowest BCUT2D eigenvalue weighted by atomic mass is 10.1. The SMILES string of the molecule is COCCCN1CCn2c(nc3cc(NC(=O)Cn4nc(C)c5ccccc5c4=O)ccc32)C1. The second-order valence-electron chi connectivity index (χ2n) is 8.65. The Balaban J connectivity index is 1.31. The molecule has 1 N–H and O–H groups in total. The van der Waals surface area contributed by atoms with Gasteiger partial charge in [-0.1, -0.05) is 18.2 Å². The highest BCUT2D eigenvalue weighted by Gasteiger charge is 2.20. The van der Waals surface area contributed by atoms with E-state index >= 15 is 0 Å². The van der Waals surface area contributed by atoms with Crippen molar-refractivity contribution >= 4 is 33.4 Å². The summed E-state index contributed by atoms with van der Waals surface area (Å²) in [4.78, 5) is 32.7. The van der Waals surface area contributed by atoms with Gasteiger partial charge >= 0.3 is 0 Å². The largest absolute Gasteiger partial charge is 0.385 e. The average molecular weight is 461 g/mol. The van der Waals surface area contributed by atoms with E-state index in [-0.39, 0.29) is 18.0 Å². The highest BCUT2D eigenvalue weighted by Crippen LogP contribution is 2.24. The Morgan fingerprint density at radius 1 is 1.15 bits per heavy atom. The minimum atomic E-state index is -0.308. The van der Waals surface area contributed by atoms with Crippen LogP contribution in [-0.4, -0.2) is 56.9 Å². The molecule has 0 atom stereocenters. The summed E-state index contributed by atoms with van der Waals surface area (Å²) in [6.07, 6.45) is 1.00. The molecule has 176 valence electrons. The summed E-state index contributed by atoms with van der Waals surface area (Å²) in [5.41, 5.74) is 3.00. The van der Waals surface area contributed by atoms with Gasteiger partial charge in [0.25, 0.3) is 5.56 Å². The number of imidazole rings is 1. The quantitative estimate of drug-likeness (QED) is 0.426. The number of benzene rings is 2. The summed E-state index contributed by atoms with van der Waals surface area (Å²) in [6, 6.07) is 13.1. The minimum absolute atomic E-state index is 0.154. The van der Waals surface area contributed by atoms with E-state index in [1.807, 2.05) is 43.3 Å². The van der Waals surface area contributed by atoms with Gasteiger partial charge in [-0.15, -0.1) is 0 Å². The van der Waals surface area contributed by atoms with Crippen LogP contribution in [0.1, 0.15) is 17.9 Å². The molecule has 0 fully saturated rings. The van der Waals surface area contributed by atoms with Crippen molar-refractivity contribution in [1.29, 1.82) is 0 Å². The van der Waals surface area contributed by atoms with E-state index in [4.69, 9.17) is 9.72 Å². The van der Waals surface area contributed by atoms with Crippen LogP contribution in [0.2, 0.25) is 0 Å². The molecule has 0 spiro atoms. The van der Waals surface area contributed by atoms with Gasteiger partial charge in [0, 0.05) is 44.4 Å². The maximum Gasteiger partial charge on any atom is 0.275 e. The Morgan fingerprint density at radius 3 is 2.79 bits per heavy atom. The van der Waals surface area contributed by atoms with E-state index in [1.165, 1.54) is 4.68 Å². The first kappa shape index (κ1) is 22.2. The average Bonchev–Trinajstić information content (AvgIpc) is 3.19. The van der Waals surface area contributed by atoms with Crippen molar-refractivity contribution in [1.82, 2.24) is 24.2 Å². The third kappa shape index (κ3) is 4.32. The van der Waals surface area contributed by atoms with Crippen molar-refractivity contribution in [2.24, 2.45) is 0 Å². The Bertz CT molecular complexity index is 1420. The molecule has 9 heteroatoms. The molecular formula is C25H28N6O3. The standard InChI is InChI=1S/C25H28N6O3/c1-17-19-6-3-4-7-20(19)25(33)31(28-17)16-24(32)26-18-8-9-22-21(14-18)27-23-15-29(10-5-13-34-2)11-12-30(22)23/h3-4,6-9,14H,5,10-13,15-16H2,1-2H3,(H,26,32). The van der Waals surface area contributed by atoms with Crippen molar-refractivity contribution in [3.63, 3.8) is 0 Å². The zero-order chi connectivity index (χ0) is 23.7. The lowest BCUT2D eigenvalue weighted by Crippen LogP contribution is -2.34. The first-order valence-electron chi connectivity index (χ1n) is 11.5. The minimum Gasteiger partial charge on any atom is -0.385 e. The highest BCUT2D eigenvalue weighted by molar-refractivity contribution is 5.93. The monoisotopic (exact) mass is 460 g/mol. The van der Waals surface area contributed by atoms with E-state index in [0.29, 0.717) is 16.8 Å². The Kier molecular flexibility index (Phi) is 6.12. The molecule has 34 heavy (non-hydrogen) atoms. The van der Waals surface area contributed by atoms with Gasteiger partial charge in [0.05, 0.1) is 28.7 Å². The van der Waals surface area contributed by atoms with Crippen LogP contribution in [0.4, 0.5) is 5.69 Å². The molecule has 0 unspecified atom stereocenters. The van der Waals surface area contributed by atoms with Gasteiger partial charge in [-0.05, 0) is 37.6 Å². The number of aryl methyl sites for hydroxylation is 1. The number of carbonyl (C=O) groups is 1. The van der Waals surface area contributed by atoms with Crippen molar-refractivity contribution in [2.75, 3.05) is 32.1 Å². The second-order valence-corrected chi connectivity index (χ2v) is 8.65. The molecule has 4 aromatic rings. The predicted molar refractivity (Wildman–Crippen MR) is 131 cm³/mol. The summed E-state index contributed by atoms with van der Waals surface area (Å²) >= 11 is 0. The van der Waals surface area contributed by atoms with Crippen molar-refractivity contribution in [3.8, 4) is 0 Å². The van der Waals surface area contributed by atoms with Crippen LogP contribution >= 0.6 is 0 Å². The van der Waals surface area contributed by atoms with Gasteiger partial charge < -0.3 is 14.6 Å². The molecule has 0 bridgehead atoms. The summed E-state index contributed by atoms with van der Waals surface area (Å²) < 4.78 is 8.63. The first-order chi connectivity index (χ1) is 16.5. The van der Waals surface area contributed by atoms with E-state index in [9.17, 15) is 9.59 Å². The third-order valence-electron chi connectivity index (χ3n) is 6.28. The molecule has 3 heterocycles. The number of carbonyl (C=O) groups excluding carboxylic acids is 1. The molecule has 0 saturated carbocycles. The van der Waals surface area contributed by atoms with Crippen LogP contribution in [0.5, 0.6) is 0 Å². The van der Waals surface area contributed by atoms with Crippen LogP contribution in [0.3, 0.4) is 0 Å². The van der Waals surface area contributed by atoms with Gasteiger partial charge in [0.1, 0.15) is 12.4 Å². The van der Waals surface area contributed by atoms with Crippen LogP contribution in [0, 0.1) is 6.92 Å².